The molecule has 0 aliphatic carbocycles. The molecule has 0 aromatic carbocycles. The highest BCUT2D eigenvalue weighted by Gasteiger charge is 2.30. The number of nitrogens with one attached hydrogen (secondary N) is 2. The lowest BCUT2D eigenvalue weighted by atomic mass is 10.1. The molecular weight excluding hydrogens is 376 g/mol. The van der Waals surface area contributed by atoms with E-state index >= 15 is 0 Å². The van der Waals surface area contributed by atoms with Crippen molar-refractivity contribution in [1.82, 2.24) is 15.3 Å². The number of aromatic nitrogens is 2. The number of fused-ring (bicyclic) bond motifs is 3. The fourth-order valence-electron chi connectivity index (χ4n) is 2.80. The second-order valence-electron chi connectivity index (χ2n) is 5.43. The third kappa shape index (κ3) is 2.22. The maximum atomic E-state index is 12.5. The monoisotopic (exact) mass is 388 g/mol. The average molecular weight is 389 g/mol. The first-order valence-electron chi connectivity index (χ1n) is 7.14. The molecule has 1 unspecified atom stereocenters. The van der Waals surface area contributed by atoms with Gasteiger partial charge in [0.25, 0.3) is 5.91 Å². The number of thiophene rings is 1. The minimum atomic E-state index is -0.339. The third-order valence-electron chi connectivity index (χ3n) is 3.93. The highest BCUT2D eigenvalue weighted by Crippen LogP contribution is 2.42. The van der Waals surface area contributed by atoms with Crippen molar-refractivity contribution < 1.29 is 4.79 Å². The average Bonchev–Trinajstić information content (AvgIpc) is 2.92. The smallest absolute Gasteiger partial charge is 0.265 e. The van der Waals surface area contributed by atoms with E-state index in [9.17, 15) is 4.79 Å². The Kier molecular flexibility index (Phi) is 3.35. The van der Waals surface area contributed by atoms with Crippen LogP contribution in [0.1, 0.15) is 32.8 Å². The normalized spacial score (nSPS) is 16.8. The Hall–Kier alpha value is -1.99. The van der Waals surface area contributed by atoms with Crippen LogP contribution in [0.15, 0.2) is 28.9 Å². The van der Waals surface area contributed by atoms with E-state index in [0.29, 0.717) is 4.88 Å². The molecule has 0 radical (unpaired) electrons. The van der Waals surface area contributed by atoms with Gasteiger partial charge in [-0.25, -0.2) is 4.98 Å². The fourth-order valence-corrected chi connectivity index (χ4v) is 4.23. The van der Waals surface area contributed by atoms with Crippen LogP contribution in [0.5, 0.6) is 0 Å². The Balaban J connectivity index is 1.91. The summed E-state index contributed by atoms with van der Waals surface area (Å²) in [6.07, 6.45) is 1.38. The zero-order chi connectivity index (χ0) is 16.1. The van der Waals surface area contributed by atoms with Crippen molar-refractivity contribution >= 4 is 49.1 Å². The third-order valence-corrected chi connectivity index (χ3v) is 6.19. The summed E-state index contributed by atoms with van der Waals surface area (Å²) < 4.78 is 0.979. The van der Waals surface area contributed by atoms with Gasteiger partial charge < -0.3 is 10.6 Å². The van der Waals surface area contributed by atoms with Gasteiger partial charge in [0, 0.05) is 16.1 Å². The summed E-state index contributed by atoms with van der Waals surface area (Å²) in [6.45, 7) is 4.00. The van der Waals surface area contributed by atoms with Gasteiger partial charge in [-0.05, 0) is 47.5 Å². The minimum Gasteiger partial charge on any atom is -0.358 e. The molecule has 0 bridgehead atoms. The minimum absolute atomic E-state index is 0.0921. The van der Waals surface area contributed by atoms with E-state index in [0.717, 1.165) is 37.3 Å². The van der Waals surface area contributed by atoms with Gasteiger partial charge >= 0.3 is 0 Å². The van der Waals surface area contributed by atoms with Crippen molar-refractivity contribution in [1.29, 1.82) is 0 Å². The lowest BCUT2D eigenvalue weighted by Gasteiger charge is -2.25. The lowest BCUT2D eigenvalue weighted by Crippen LogP contribution is -2.38. The van der Waals surface area contributed by atoms with Crippen molar-refractivity contribution in [3.63, 3.8) is 0 Å². The van der Waals surface area contributed by atoms with E-state index in [1.807, 2.05) is 32.0 Å². The maximum absolute atomic E-state index is 12.5. The Morgan fingerprint density at radius 3 is 2.83 bits per heavy atom. The van der Waals surface area contributed by atoms with Crippen molar-refractivity contribution in [2.24, 2.45) is 0 Å². The molecule has 4 heterocycles. The fraction of sp³-hybridized carbons (Fsp3) is 0.188. The number of carbonyl (C=O) groups excluding carboxylic acids is 1. The van der Waals surface area contributed by atoms with Gasteiger partial charge in [0.15, 0.2) is 0 Å². The van der Waals surface area contributed by atoms with Crippen molar-refractivity contribution in [3.05, 3.63) is 50.7 Å². The largest absolute Gasteiger partial charge is 0.358 e. The summed E-state index contributed by atoms with van der Waals surface area (Å²) in [6, 6.07) is 5.65. The Labute approximate surface area is 145 Å². The van der Waals surface area contributed by atoms with Gasteiger partial charge in [-0.15, -0.1) is 11.3 Å². The van der Waals surface area contributed by atoms with Crippen LogP contribution >= 0.6 is 27.3 Å². The molecule has 7 heteroatoms. The molecular formula is C16H13BrN4OS. The predicted molar refractivity (Wildman–Crippen MR) is 94.9 cm³/mol. The molecule has 0 spiro atoms. The number of carbonyl (C=O) groups is 1. The van der Waals surface area contributed by atoms with Crippen molar-refractivity contribution in [3.8, 4) is 0 Å². The zero-order valence-corrected chi connectivity index (χ0v) is 14.9. The number of anilines is 1. The van der Waals surface area contributed by atoms with Crippen molar-refractivity contribution in [2.75, 3.05) is 5.32 Å². The molecule has 0 fully saturated rings. The second kappa shape index (κ2) is 5.28. The molecule has 4 rings (SSSR count). The lowest BCUT2D eigenvalue weighted by molar-refractivity contribution is 0.0939. The van der Waals surface area contributed by atoms with Gasteiger partial charge in [-0.2, -0.15) is 0 Å². The molecule has 3 aromatic heterocycles. The molecule has 1 atom stereocenters. The molecule has 23 heavy (non-hydrogen) atoms. The molecule has 5 nitrogen and oxygen atoms in total. The quantitative estimate of drug-likeness (QED) is 0.662. The van der Waals surface area contributed by atoms with Gasteiger partial charge in [-0.1, -0.05) is 6.07 Å². The summed E-state index contributed by atoms with van der Waals surface area (Å²) >= 11 is 5.00. The van der Waals surface area contributed by atoms with E-state index in [-0.39, 0.29) is 12.1 Å². The zero-order valence-electron chi connectivity index (χ0n) is 12.5. The van der Waals surface area contributed by atoms with E-state index in [2.05, 4.69) is 36.5 Å². The van der Waals surface area contributed by atoms with E-state index in [1.54, 1.807) is 6.20 Å². The molecule has 0 saturated carbocycles. The standard InChI is InChI=1S/C16H13BrN4OS/c1-7-10-12-13(23-16(10)19-8(2)11(7)17)15(22)21-14(20-12)9-5-3-4-6-18-9/h3-6,14,20H,1-2H3,(H,21,22). The Bertz CT molecular complexity index is 938. The van der Waals surface area contributed by atoms with Crippen LogP contribution in [0.4, 0.5) is 5.69 Å². The van der Waals surface area contributed by atoms with Crippen LogP contribution in [0.3, 0.4) is 0 Å². The van der Waals surface area contributed by atoms with Crippen LogP contribution in [0.25, 0.3) is 10.2 Å². The summed E-state index contributed by atoms with van der Waals surface area (Å²) in [5, 5.41) is 7.36. The SMILES string of the molecule is Cc1nc2sc3c(c2c(C)c1Br)NC(c1ccccn1)NC3=O. The number of amides is 1. The van der Waals surface area contributed by atoms with Gasteiger partial charge in [0.2, 0.25) is 0 Å². The summed E-state index contributed by atoms with van der Waals surface area (Å²) in [7, 11) is 0. The predicted octanol–water partition coefficient (Wildman–Crippen LogP) is 3.92. The summed E-state index contributed by atoms with van der Waals surface area (Å²) in [5.41, 5.74) is 3.64. The summed E-state index contributed by atoms with van der Waals surface area (Å²) in [5.74, 6) is -0.0921. The van der Waals surface area contributed by atoms with Crippen LogP contribution in [0, 0.1) is 13.8 Å². The highest BCUT2D eigenvalue weighted by atomic mass is 79.9. The molecule has 0 saturated heterocycles. The first-order valence-corrected chi connectivity index (χ1v) is 8.74. The summed E-state index contributed by atoms with van der Waals surface area (Å²) in [4.78, 5) is 23.0. The van der Waals surface area contributed by atoms with E-state index in [4.69, 9.17) is 0 Å². The van der Waals surface area contributed by atoms with E-state index < -0.39 is 0 Å². The molecule has 1 amide bonds. The van der Waals surface area contributed by atoms with Gasteiger partial charge in [-0.3, -0.25) is 9.78 Å². The molecule has 1 aliphatic rings. The van der Waals surface area contributed by atoms with Crippen LogP contribution < -0.4 is 10.6 Å². The number of halogens is 1. The first kappa shape index (κ1) is 14.6. The Morgan fingerprint density at radius 1 is 1.26 bits per heavy atom. The topological polar surface area (TPSA) is 66.9 Å². The molecule has 116 valence electrons. The number of nitrogens with zero attached hydrogens (tertiary/aromatic N) is 2. The number of hydrogen-bond donors (Lipinski definition) is 2. The molecule has 3 aromatic rings. The first-order chi connectivity index (χ1) is 11.1. The van der Waals surface area contributed by atoms with Gasteiger partial charge in [0.1, 0.15) is 15.9 Å². The number of hydrogen-bond acceptors (Lipinski definition) is 5. The van der Waals surface area contributed by atoms with Gasteiger partial charge in [0.05, 0.1) is 17.1 Å². The van der Waals surface area contributed by atoms with Crippen molar-refractivity contribution in [2.45, 2.75) is 20.0 Å². The van der Waals surface area contributed by atoms with Crippen LogP contribution in [-0.2, 0) is 0 Å². The van der Waals surface area contributed by atoms with Crippen LogP contribution in [0.2, 0.25) is 0 Å². The number of pyridine rings is 2. The molecule has 2 N–H and O–H groups in total. The maximum Gasteiger partial charge on any atom is 0.265 e. The molecule has 1 aliphatic heterocycles. The second-order valence-corrected chi connectivity index (χ2v) is 7.22. The number of aryl methyl sites for hydroxylation is 2. The highest BCUT2D eigenvalue weighted by molar-refractivity contribution is 9.10. The Morgan fingerprint density at radius 2 is 2.09 bits per heavy atom. The van der Waals surface area contributed by atoms with Crippen LogP contribution in [-0.4, -0.2) is 15.9 Å². The number of rotatable bonds is 1. The van der Waals surface area contributed by atoms with E-state index in [1.165, 1.54) is 11.3 Å².